The number of ether oxygens (including phenoxy) is 1. The van der Waals surface area contributed by atoms with Crippen LogP contribution in [-0.2, 0) is 15.1 Å². The van der Waals surface area contributed by atoms with E-state index in [0.717, 1.165) is 16.8 Å². The van der Waals surface area contributed by atoms with Crippen LogP contribution >= 0.6 is 23.2 Å². The molecule has 0 saturated heterocycles. The fraction of sp³-hybridized carbons (Fsp3) is 0.300. The first-order valence-corrected chi connectivity index (χ1v) is 9.18. The Kier molecular flexibility index (Phi) is 5.26. The summed E-state index contributed by atoms with van der Waals surface area (Å²) in [5.74, 6) is -0.404. The van der Waals surface area contributed by atoms with E-state index in [1.165, 1.54) is 0 Å². The predicted octanol–water partition coefficient (Wildman–Crippen LogP) is 5.35. The van der Waals surface area contributed by atoms with E-state index < -0.39 is 11.5 Å². The number of carbonyl (C=O) groups excluding carboxylic acids is 1. The zero-order chi connectivity index (χ0) is 18.9. The summed E-state index contributed by atoms with van der Waals surface area (Å²) >= 11 is 12.5. The van der Waals surface area contributed by atoms with E-state index in [9.17, 15) is 4.79 Å². The molecule has 0 bridgehead atoms. The van der Waals surface area contributed by atoms with Gasteiger partial charge in [-0.2, -0.15) is 5.10 Å². The molecule has 6 heteroatoms. The average Bonchev–Trinajstić information content (AvgIpc) is 2.94. The van der Waals surface area contributed by atoms with Gasteiger partial charge < -0.3 is 4.74 Å². The fourth-order valence-corrected chi connectivity index (χ4v) is 3.57. The molecule has 26 heavy (non-hydrogen) atoms. The van der Waals surface area contributed by atoms with Crippen molar-refractivity contribution in [1.82, 2.24) is 0 Å². The third-order valence-electron chi connectivity index (χ3n) is 4.51. The first-order valence-electron chi connectivity index (χ1n) is 8.42. The highest BCUT2D eigenvalue weighted by Gasteiger charge is 2.44. The lowest BCUT2D eigenvalue weighted by molar-refractivity contribution is -0.135. The van der Waals surface area contributed by atoms with Crippen molar-refractivity contribution in [3.63, 3.8) is 0 Å². The van der Waals surface area contributed by atoms with Crippen LogP contribution in [-0.4, -0.2) is 18.3 Å². The molecule has 1 aliphatic heterocycles. The third-order valence-corrected chi connectivity index (χ3v) is 5.06. The molecule has 0 spiro atoms. The monoisotopic (exact) mass is 390 g/mol. The third kappa shape index (κ3) is 3.44. The molecule has 4 nitrogen and oxygen atoms in total. The van der Waals surface area contributed by atoms with Gasteiger partial charge in [-0.1, -0.05) is 41.4 Å². The molecule has 0 fully saturated rings. The maximum absolute atomic E-state index is 12.3. The lowest BCUT2D eigenvalue weighted by Crippen LogP contribution is -2.37. The number of hydrazone groups is 1. The molecule has 136 valence electrons. The Hall–Kier alpha value is -2.04. The summed E-state index contributed by atoms with van der Waals surface area (Å²) in [5.41, 5.74) is 2.59. The number of aryl methyl sites for hydroxylation is 1. The van der Waals surface area contributed by atoms with Crippen molar-refractivity contribution in [2.24, 2.45) is 5.10 Å². The Morgan fingerprint density at radius 3 is 2.54 bits per heavy atom. The normalized spacial score (nSPS) is 19.4. The summed E-state index contributed by atoms with van der Waals surface area (Å²) < 4.78 is 5.16. The van der Waals surface area contributed by atoms with E-state index in [0.29, 0.717) is 28.8 Å². The second kappa shape index (κ2) is 7.29. The van der Waals surface area contributed by atoms with Gasteiger partial charge in [-0.3, -0.25) is 5.01 Å². The highest BCUT2D eigenvalue weighted by Crippen LogP contribution is 2.43. The summed E-state index contributed by atoms with van der Waals surface area (Å²) in [6, 6.07) is 13.3. The summed E-state index contributed by atoms with van der Waals surface area (Å²) in [7, 11) is 0. The average molecular weight is 391 g/mol. The number of esters is 1. The molecule has 0 aromatic heterocycles. The van der Waals surface area contributed by atoms with Gasteiger partial charge in [-0.15, -0.1) is 0 Å². The van der Waals surface area contributed by atoms with Crippen molar-refractivity contribution in [1.29, 1.82) is 0 Å². The van der Waals surface area contributed by atoms with Crippen molar-refractivity contribution in [2.45, 2.75) is 32.7 Å². The van der Waals surface area contributed by atoms with Crippen LogP contribution in [0, 0.1) is 6.92 Å². The zero-order valence-corrected chi connectivity index (χ0v) is 16.4. The Morgan fingerprint density at radius 2 is 1.92 bits per heavy atom. The number of hydrogen-bond donors (Lipinski definition) is 0. The Bertz CT molecular complexity index is 865. The standard InChI is InChI=1S/C20H20Cl2N2O2/c1-4-26-19(25)17-12-20(3,14-6-8-15(21)9-7-14)24(23-17)18-10-5-13(2)11-16(18)22/h5-11H,4,12H2,1-3H3. The maximum atomic E-state index is 12.3. The van der Waals surface area contributed by atoms with Gasteiger partial charge in [0.25, 0.3) is 0 Å². The number of benzene rings is 2. The first kappa shape index (κ1) is 18.7. The second-order valence-corrected chi connectivity index (χ2v) is 7.33. The van der Waals surface area contributed by atoms with Gasteiger partial charge in [0.05, 0.1) is 22.9 Å². The molecule has 1 heterocycles. The van der Waals surface area contributed by atoms with Crippen LogP contribution in [0.3, 0.4) is 0 Å². The van der Waals surface area contributed by atoms with Crippen LogP contribution < -0.4 is 5.01 Å². The van der Waals surface area contributed by atoms with E-state index in [-0.39, 0.29) is 0 Å². The van der Waals surface area contributed by atoms with E-state index >= 15 is 0 Å². The zero-order valence-electron chi connectivity index (χ0n) is 14.9. The van der Waals surface area contributed by atoms with Crippen molar-refractivity contribution < 1.29 is 9.53 Å². The van der Waals surface area contributed by atoms with Crippen molar-refractivity contribution in [3.05, 3.63) is 63.6 Å². The van der Waals surface area contributed by atoms with Crippen LogP contribution in [0.25, 0.3) is 0 Å². The highest BCUT2D eigenvalue weighted by molar-refractivity contribution is 6.38. The van der Waals surface area contributed by atoms with Gasteiger partial charge in [-0.05, 0) is 56.2 Å². The van der Waals surface area contributed by atoms with Gasteiger partial charge in [0.15, 0.2) is 0 Å². The van der Waals surface area contributed by atoms with E-state index in [2.05, 4.69) is 5.10 Å². The summed E-state index contributed by atoms with van der Waals surface area (Å²) in [5, 5.41) is 7.62. The molecule has 3 rings (SSSR count). The van der Waals surface area contributed by atoms with Crippen LogP contribution in [0.4, 0.5) is 5.69 Å². The second-order valence-electron chi connectivity index (χ2n) is 6.49. The molecule has 0 N–H and O–H groups in total. The van der Waals surface area contributed by atoms with Gasteiger partial charge in [-0.25, -0.2) is 4.79 Å². The lowest BCUT2D eigenvalue weighted by atomic mass is 9.87. The highest BCUT2D eigenvalue weighted by atomic mass is 35.5. The van der Waals surface area contributed by atoms with Crippen molar-refractivity contribution >= 4 is 40.6 Å². The molecule has 0 radical (unpaired) electrons. The molecule has 0 saturated carbocycles. The molecule has 1 aliphatic rings. The summed E-state index contributed by atoms with van der Waals surface area (Å²) in [6.07, 6.45) is 0.414. The molecular weight excluding hydrogens is 371 g/mol. The predicted molar refractivity (Wildman–Crippen MR) is 106 cm³/mol. The molecule has 1 atom stereocenters. The Balaban J connectivity index is 2.10. The Morgan fingerprint density at radius 1 is 1.23 bits per heavy atom. The van der Waals surface area contributed by atoms with E-state index in [4.69, 9.17) is 27.9 Å². The molecule has 1 unspecified atom stereocenters. The minimum atomic E-state index is -0.578. The number of carbonyl (C=O) groups is 1. The minimum absolute atomic E-state index is 0.306. The van der Waals surface area contributed by atoms with Gasteiger partial charge >= 0.3 is 5.97 Å². The Labute approximate surface area is 163 Å². The van der Waals surface area contributed by atoms with Gasteiger partial charge in [0, 0.05) is 11.4 Å². The van der Waals surface area contributed by atoms with E-state index in [1.54, 1.807) is 6.92 Å². The first-order chi connectivity index (χ1) is 12.3. The van der Waals surface area contributed by atoms with Gasteiger partial charge in [0.2, 0.25) is 0 Å². The molecule has 0 aliphatic carbocycles. The number of rotatable bonds is 4. The molecule has 2 aromatic rings. The minimum Gasteiger partial charge on any atom is -0.461 e. The largest absolute Gasteiger partial charge is 0.461 e. The van der Waals surface area contributed by atoms with Gasteiger partial charge in [0.1, 0.15) is 5.71 Å². The SMILES string of the molecule is CCOC(=O)C1=NN(c2ccc(C)cc2Cl)C(C)(c2ccc(Cl)cc2)C1. The lowest BCUT2D eigenvalue weighted by Gasteiger charge is -2.35. The van der Waals surface area contributed by atoms with Crippen molar-refractivity contribution in [2.75, 3.05) is 11.6 Å². The topological polar surface area (TPSA) is 41.9 Å². The molecule has 0 amide bonds. The number of hydrogen-bond acceptors (Lipinski definition) is 4. The van der Waals surface area contributed by atoms with Crippen molar-refractivity contribution in [3.8, 4) is 0 Å². The van der Waals surface area contributed by atoms with E-state index in [1.807, 2.05) is 61.3 Å². The summed E-state index contributed by atoms with van der Waals surface area (Å²) in [4.78, 5) is 12.3. The molecule has 2 aromatic carbocycles. The number of nitrogens with zero attached hydrogens (tertiary/aromatic N) is 2. The smallest absolute Gasteiger partial charge is 0.354 e. The summed E-state index contributed by atoms with van der Waals surface area (Å²) in [6.45, 7) is 6.09. The fourth-order valence-electron chi connectivity index (χ4n) is 3.13. The van der Waals surface area contributed by atoms with Crippen LogP contribution in [0.2, 0.25) is 10.0 Å². The van der Waals surface area contributed by atoms with Crippen LogP contribution in [0.1, 0.15) is 31.4 Å². The number of anilines is 1. The quantitative estimate of drug-likeness (QED) is 0.660. The molecular formula is C20H20Cl2N2O2. The number of halogens is 2. The maximum Gasteiger partial charge on any atom is 0.354 e. The van der Waals surface area contributed by atoms with Crippen LogP contribution in [0.5, 0.6) is 0 Å². The van der Waals surface area contributed by atoms with Crippen LogP contribution in [0.15, 0.2) is 47.6 Å².